The van der Waals surface area contributed by atoms with E-state index >= 15 is 0 Å². The van der Waals surface area contributed by atoms with Crippen molar-refractivity contribution >= 4 is 22.6 Å². The molecule has 5 rings (SSSR count). The summed E-state index contributed by atoms with van der Waals surface area (Å²) in [6.45, 7) is 6.77. The smallest absolute Gasteiger partial charge is 0.326 e. The molecule has 2 N–H and O–H groups in total. The number of nitrogens with one attached hydrogen (secondary N) is 1. The van der Waals surface area contributed by atoms with Crippen LogP contribution in [0.2, 0.25) is 0 Å². The second-order valence-electron chi connectivity index (χ2n) is 11.6. The lowest BCUT2D eigenvalue weighted by Gasteiger charge is -2.31. The van der Waals surface area contributed by atoms with Crippen LogP contribution in [0.4, 0.5) is 4.39 Å². The number of methoxy groups -OCH3 is 2. The van der Waals surface area contributed by atoms with Gasteiger partial charge < -0.3 is 19.9 Å². The predicted molar refractivity (Wildman–Crippen MR) is 170 cm³/mol. The molecule has 1 fully saturated rings. The zero-order valence-electron chi connectivity index (χ0n) is 25.7. The lowest BCUT2D eigenvalue weighted by atomic mass is 9.91. The molecule has 7 nitrogen and oxygen atoms in total. The van der Waals surface area contributed by atoms with Gasteiger partial charge in [0.25, 0.3) is 5.91 Å². The molecule has 230 valence electrons. The first kappa shape index (κ1) is 31.0. The van der Waals surface area contributed by atoms with Crippen molar-refractivity contribution in [2.24, 2.45) is 5.92 Å². The number of fused-ring (bicyclic) bond motifs is 1. The molecule has 44 heavy (non-hydrogen) atoms. The van der Waals surface area contributed by atoms with Crippen LogP contribution < -0.4 is 14.8 Å². The number of rotatable bonds is 10. The molecular weight excluding hydrogens is 559 g/mol. The van der Waals surface area contributed by atoms with Gasteiger partial charge in [0.05, 0.1) is 25.3 Å². The molecule has 1 saturated heterocycles. The molecule has 0 bridgehead atoms. The van der Waals surface area contributed by atoms with Gasteiger partial charge in [0, 0.05) is 18.5 Å². The number of halogens is 1. The van der Waals surface area contributed by atoms with Crippen LogP contribution in [-0.4, -0.2) is 55.2 Å². The van der Waals surface area contributed by atoms with Crippen molar-refractivity contribution in [1.82, 2.24) is 10.2 Å². The average Bonchev–Trinajstić information content (AvgIpc) is 3.01. The van der Waals surface area contributed by atoms with Crippen molar-refractivity contribution in [1.29, 1.82) is 0 Å². The van der Waals surface area contributed by atoms with Crippen LogP contribution in [0.5, 0.6) is 11.5 Å². The van der Waals surface area contributed by atoms with E-state index in [1.165, 1.54) is 25.0 Å². The fourth-order valence-corrected chi connectivity index (χ4v) is 6.19. The number of piperidine rings is 1. The van der Waals surface area contributed by atoms with Gasteiger partial charge in [0.2, 0.25) is 0 Å². The Hall–Kier alpha value is -4.43. The number of carbonyl (C=O) groups excluding carboxylic acids is 1. The van der Waals surface area contributed by atoms with Crippen LogP contribution in [0, 0.1) is 18.7 Å². The maximum Gasteiger partial charge on any atom is 0.326 e. The third kappa shape index (κ3) is 6.40. The van der Waals surface area contributed by atoms with Crippen molar-refractivity contribution in [2.75, 3.05) is 27.3 Å². The lowest BCUT2D eigenvalue weighted by Crippen LogP contribution is -2.42. The summed E-state index contributed by atoms with van der Waals surface area (Å²) in [5.74, 6) is -0.501. The molecule has 0 unspecified atom stereocenters. The van der Waals surface area contributed by atoms with E-state index in [-0.39, 0.29) is 12.0 Å². The number of hydrogen-bond donors (Lipinski definition) is 2. The first-order chi connectivity index (χ1) is 21.2. The van der Waals surface area contributed by atoms with Gasteiger partial charge in [-0.05, 0) is 78.4 Å². The van der Waals surface area contributed by atoms with Crippen molar-refractivity contribution in [3.8, 4) is 22.6 Å². The number of nitrogens with zero attached hydrogens (tertiary/aromatic N) is 1. The largest absolute Gasteiger partial charge is 0.496 e. The summed E-state index contributed by atoms with van der Waals surface area (Å²) in [7, 11) is 3.31. The Morgan fingerprint density at radius 3 is 2.34 bits per heavy atom. The summed E-state index contributed by atoms with van der Waals surface area (Å²) in [4.78, 5) is 27.7. The van der Waals surface area contributed by atoms with E-state index in [2.05, 4.69) is 23.2 Å². The first-order valence-electron chi connectivity index (χ1n) is 15.0. The number of carboxylic acids is 1. The average molecular weight is 599 g/mol. The zero-order valence-corrected chi connectivity index (χ0v) is 25.7. The van der Waals surface area contributed by atoms with Gasteiger partial charge in [-0.1, -0.05) is 61.5 Å². The van der Waals surface area contributed by atoms with Gasteiger partial charge in [-0.3, -0.25) is 9.69 Å². The highest BCUT2D eigenvalue weighted by Crippen LogP contribution is 2.44. The molecule has 0 spiro atoms. The van der Waals surface area contributed by atoms with E-state index < -0.39 is 23.7 Å². The van der Waals surface area contributed by atoms with Crippen molar-refractivity contribution in [3.63, 3.8) is 0 Å². The van der Waals surface area contributed by atoms with E-state index in [1.54, 1.807) is 27.2 Å². The molecule has 1 aliphatic heterocycles. The number of hydrogen-bond acceptors (Lipinski definition) is 5. The molecule has 1 aliphatic rings. The Labute approximate surface area is 257 Å². The number of likely N-dealkylation sites (tertiary alicyclic amines) is 1. The highest BCUT2D eigenvalue weighted by atomic mass is 19.1. The second-order valence-corrected chi connectivity index (χ2v) is 11.6. The number of carboxylic acid groups (broad SMARTS) is 1. The number of ether oxygens (including phenoxy) is 2. The van der Waals surface area contributed by atoms with Crippen molar-refractivity contribution < 1.29 is 28.6 Å². The number of aliphatic carboxylic acids is 1. The molecule has 4 aromatic rings. The molecule has 4 aromatic carbocycles. The zero-order chi connectivity index (χ0) is 31.4. The topological polar surface area (TPSA) is 88.1 Å². The Morgan fingerprint density at radius 1 is 0.955 bits per heavy atom. The third-order valence-electron chi connectivity index (χ3n) is 8.65. The maximum absolute atomic E-state index is 14.5. The molecule has 8 heteroatoms. The maximum atomic E-state index is 14.5. The van der Waals surface area contributed by atoms with Crippen LogP contribution in [0.25, 0.3) is 21.9 Å². The Kier molecular flexibility index (Phi) is 9.49. The molecule has 0 aliphatic carbocycles. The monoisotopic (exact) mass is 598 g/mol. The Bertz CT molecular complexity index is 1660. The van der Waals surface area contributed by atoms with E-state index in [4.69, 9.17) is 9.47 Å². The number of carbonyl (C=O) groups is 2. The van der Waals surface area contributed by atoms with Gasteiger partial charge in [0.15, 0.2) is 0 Å². The molecule has 0 radical (unpaired) electrons. The molecule has 1 amide bonds. The summed E-state index contributed by atoms with van der Waals surface area (Å²) in [6, 6.07) is 18.7. The van der Waals surface area contributed by atoms with E-state index in [0.717, 1.165) is 64.3 Å². The third-order valence-corrected chi connectivity index (χ3v) is 8.65. The summed E-state index contributed by atoms with van der Waals surface area (Å²) in [5, 5.41) is 14.3. The molecular formula is C36H39FN2O5. The quantitative estimate of drug-likeness (QED) is 0.213. The predicted octanol–water partition coefficient (Wildman–Crippen LogP) is 6.63. The highest BCUT2D eigenvalue weighted by Gasteiger charge is 2.26. The fourth-order valence-electron chi connectivity index (χ4n) is 6.19. The Morgan fingerprint density at radius 2 is 1.66 bits per heavy atom. The van der Waals surface area contributed by atoms with Crippen LogP contribution in [-0.2, 0) is 17.8 Å². The minimum Gasteiger partial charge on any atom is -0.496 e. The fraction of sp³-hybridized carbons (Fsp3) is 0.333. The van der Waals surface area contributed by atoms with E-state index in [9.17, 15) is 19.1 Å². The van der Waals surface area contributed by atoms with Crippen LogP contribution >= 0.6 is 0 Å². The van der Waals surface area contributed by atoms with Gasteiger partial charge in [-0.2, -0.15) is 0 Å². The number of amides is 1. The number of aryl methyl sites for hydroxylation is 1. The molecule has 1 atom stereocenters. The van der Waals surface area contributed by atoms with Crippen LogP contribution in [0.3, 0.4) is 0 Å². The lowest BCUT2D eigenvalue weighted by molar-refractivity contribution is -0.139. The minimum atomic E-state index is -1.27. The van der Waals surface area contributed by atoms with Gasteiger partial charge in [-0.15, -0.1) is 0 Å². The highest BCUT2D eigenvalue weighted by molar-refractivity contribution is 6.02. The minimum absolute atomic E-state index is 0.0110. The summed E-state index contributed by atoms with van der Waals surface area (Å²) >= 11 is 0. The second kappa shape index (κ2) is 13.5. The van der Waals surface area contributed by atoms with Crippen LogP contribution in [0.15, 0.2) is 66.7 Å². The van der Waals surface area contributed by atoms with Crippen molar-refractivity contribution in [2.45, 2.75) is 45.7 Å². The summed E-state index contributed by atoms with van der Waals surface area (Å²) in [6.07, 6.45) is 2.36. The summed E-state index contributed by atoms with van der Waals surface area (Å²) in [5.41, 5.74) is 3.81. The molecule has 0 saturated carbocycles. The van der Waals surface area contributed by atoms with Gasteiger partial charge >= 0.3 is 5.97 Å². The number of benzene rings is 4. The van der Waals surface area contributed by atoms with E-state index in [1.807, 2.05) is 42.5 Å². The first-order valence-corrected chi connectivity index (χ1v) is 15.0. The van der Waals surface area contributed by atoms with Gasteiger partial charge in [0.1, 0.15) is 23.4 Å². The van der Waals surface area contributed by atoms with Crippen molar-refractivity contribution in [3.05, 3.63) is 94.8 Å². The normalized spacial score (nSPS) is 14.8. The summed E-state index contributed by atoms with van der Waals surface area (Å²) < 4.78 is 26.3. The standard InChI is InChI=1S/C36H39FN2O5/c1-22-16-18-39(19-17-22)21-25-14-15-31(43-3)33(34(25)44-4)28-12-7-10-26-24(9-6-11-27(26)28)20-30(36(41)42)38-35(40)32-23(2)8-5-13-29(32)37/h5-15,22,30H,16-21H2,1-4H3,(H,38,40)(H,41,42)/t30-/m0/s1. The molecule has 0 aromatic heterocycles. The van der Waals surface area contributed by atoms with E-state index in [0.29, 0.717) is 11.3 Å². The SMILES string of the molecule is COc1ccc(CN2CCC(C)CC2)c(OC)c1-c1cccc2c(C[C@H](NC(=O)c3c(C)cccc3F)C(=O)O)cccc12. The van der Waals surface area contributed by atoms with Crippen LogP contribution in [0.1, 0.15) is 46.8 Å². The molecule has 1 heterocycles. The van der Waals surface area contributed by atoms with Gasteiger partial charge in [-0.25, -0.2) is 9.18 Å². The Balaban J connectivity index is 1.52.